The van der Waals surface area contributed by atoms with E-state index in [0.29, 0.717) is 12.1 Å². The van der Waals surface area contributed by atoms with E-state index in [-0.39, 0.29) is 23.3 Å². The van der Waals surface area contributed by atoms with Gasteiger partial charge in [-0.1, -0.05) is 6.58 Å². The fourth-order valence-electron chi connectivity index (χ4n) is 1.66. The Bertz CT molecular complexity index is 582. The molecule has 6 heteroatoms. The van der Waals surface area contributed by atoms with Gasteiger partial charge in [0.25, 0.3) is 11.2 Å². The number of nitro groups is 1. The third-order valence-corrected chi connectivity index (χ3v) is 2.76. The third-order valence-electron chi connectivity index (χ3n) is 2.76. The number of aromatic nitrogens is 1. The summed E-state index contributed by atoms with van der Waals surface area (Å²) in [5.41, 5.74) is 0.800. The summed E-state index contributed by atoms with van der Waals surface area (Å²) in [6.07, 6.45) is 1.28. The number of hydrogen-bond acceptors (Lipinski definition) is 4. The van der Waals surface area contributed by atoms with Crippen LogP contribution < -0.4 is 10.9 Å². The fraction of sp³-hybridized carbons (Fsp3) is 0.500. The molecule has 0 saturated carbocycles. The first-order valence-corrected chi connectivity index (χ1v) is 6.37. The summed E-state index contributed by atoms with van der Waals surface area (Å²) in [5, 5.41) is 14.1. The molecule has 1 rings (SSSR count). The van der Waals surface area contributed by atoms with Crippen molar-refractivity contribution in [2.75, 3.05) is 6.54 Å². The SMILES string of the molecule is C=C(CNC(C)(C)C)Cn1cc([N+](=O)[O-])c(C)cc1=O. The van der Waals surface area contributed by atoms with Crippen molar-refractivity contribution in [3.8, 4) is 0 Å². The minimum atomic E-state index is -0.485. The van der Waals surface area contributed by atoms with Crippen molar-refractivity contribution in [3.63, 3.8) is 0 Å². The van der Waals surface area contributed by atoms with Crippen LogP contribution in [0.5, 0.6) is 0 Å². The van der Waals surface area contributed by atoms with Gasteiger partial charge in [-0.3, -0.25) is 14.9 Å². The molecule has 1 aromatic heterocycles. The van der Waals surface area contributed by atoms with Gasteiger partial charge in [0.1, 0.15) is 0 Å². The van der Waals surface area contributed by atoms with Crippen LogP contribution >= 0.6 is 0 Å². The average Bonchev–Trinajstić information content (AvgIpc) is 2.28. The van der Waals surface area contributed by atoms with Crippen LogP contribution in [-0.4, -0.2) is 21.6 Å². The molecule has 1 heterocycles. The maximum absolute atomic E-state index is 11.8. The second-order valence-corrected chi connectivity index (χ2v) is 5.92. The maximum Gasteiger partial charge on any atom is 0.288 e. The molecule has 0 saturated heterocycles. The Balaban J connectivity index is 2.88. The predicted molar refractivity (Wildman–Crippen MR) is 79.0 cm³/mol. The smallest absolute Gasteiger partial charge is 0.288 e. The zero-order chi connectivity index (χ0) is 15.5. The molecule has 0 aliphatic rings. The van der Waals surface area contributed by atoms with Crippen molar-refractivity contribution in [2.24, 2.45) is 0 Å². The summed E-state index contributed by atoms with van der Waals surface area (Å²) in [6.45, 7) is 12.4. The average molecular weight is 279 g/mol. The highest BCUT2D eigenvalue weighted by Gasteiger charge is 2.14. The molecule has 110 valence electrons. The van der Waals surface area contributed by atoms with E-state index >= 15 is 0 Å². The third kappa shape index (κ3) is 4.62. The van der Waals surface area contributed by atoms with Crippen LogP contribution in [0.15, 0.2) is 29.2 Å². The van der Waals surface area contributed by atoms with E-state index in [9.17, 15) is 14.9 Å². The van der Waals surface area contributed by atoms with Crippen molar-refractivity contribution >= 4 is 5.69 Å². The molecule has 1 aromatic rings. The van der Waals surface area contributed by atoms with Gasteiger partial charge in [-0.15, -0.1) is 0 Å². The van der Waals surface area contributed by atoms with Crippen molar-refractivity contribution in [1.82, 2.24) is 9.88 Å². The minimum absolute atomic E-state index is 0.0484. The van der Waals surface area contributed by atoms with Gasteiger partial charge in [-0.05, 0) is 33.3 Å². The Morgan fingerprint density at radius 3 is 2.60 bits per heavy atom. The first kappa shape index (κ1) is 16.1. The van der Waals surface area contributed by atoms with Crippen LogP contribution in [0, 0.1) is 17.0 Å². The number of rotatable bonds is 5. The van der Waals surface area contributed by atoms with Gasteiger partial charge < -0.3 is 9.88 Å². The maximum atomic E-state index is 11.8. The number of nitrogens with one attached hydrogen (secondary N) is 1. The molecular weight excluding hydrogens is 258 g/mol. The Labute approximate surface area is 118 Å². The standard InChI is InChI=1S/C14H21N3O3/c1-10(7-15-14(3,4)5)8-16-9-12(17(19)20)11(2)6-13(16)18/h6,9,15H,1,7-8H2,2-5H3. The first-order chi connectivity index (χ1) is 9.10. The second-order valence-electron chi connectivity index (χ2n) is 5.92. The van der Waals surface area contributed by atoms with Crippen LogP contribution in [0.4, 0.5) is 5.69 Å². The quantitative estimate of drug-likeness (QED) is 0.508. The minimum Gasteiger partial charge on any atom is -0.308 e. The summed E-state index contributed by atoms with van der Waals surface area (Å²) in [4.78, 5) is 22.2. The molecule has 0 spiro atoms. The molecule has 20 heavy (non-hydrogen) atoms. The van der Waals surface area contributed by atoms with E-state index in [4.69, 9.17) is 0 Å². The van der Waals surface area contributed by atoms with Gasteiger partial charge in [-0.25, -0.2) is 0 Å². The highest BCUT2D eigenvalue weighted by molar-refractivity contribution is 5.36. The Morgan fingerprint density at radius 2 is 2.10 bits per heavy atom. The molecular formula is C14H21N3O3. The number of nitrogens with zero attached hydrogens (tertiary/aromatic N) is 2. The molecule has 0 aliphatic heterocycles. The van der Waals surface area contributed by atoms with E-state index in [0.717, 1.165) is 5.57 Å². The molecule has 0 amide bonds. The molecule has 0 bridgehead atoms. The molecule has 0 radical (unpaired) electrons. The molecule has 0 unspecified atom stereocenters. The topological polar surface area (TPSA) is 77.2 Å². The zero-order valence-corrected chi connectivity index (χ0v) is 12.4. The van der Waals surface area contributed by atoms with Crippen LogP contribution in [-0.2, 0) is 6.54 Å². The molecule has 0 aromatic carbocycles. The van der Waals surface area contributed by atoms with E-state index in [1.807, 2.05) is 20.8 Å². The lowest BCUT2D eigenvalue weighted by Crippen LogP contribution is -2.37. The van der Waals surface area contributed by atoms with Gasteiger partial charge in [0.15, 0.2) is 0 Å². The summed E-state index contributed by atoms with van der Waals surface area (Å²) in [6, 6.07) is 1.28. The lowest BCUT2D eigenvalue weighted by atomic mass is 10.1. The Kier molecular flexibility index (Phi) is 4.83. The number of aryl methyl sites for hydroxylation is 1. The van der Waals surface area contributed by atoms with Crippen molar-refractivity contribution in [1.29, 1.82) is 0 Å². The normalized spacial score (nSPS) is 11.4. The molecule has 0 aliphatic carbocycles. The molecule has 0 fully saturated rings. The van der Waals surface area contributed by atoms with Gasteiger partial charge in [0.05, 0.1) is 11.1 Å². The van der Waals surface area contributed by atoms with E-state index in [2.05, 4.69) is 11.9 Å². The van der Waals surface area contributed by atoms with Crippen LogP contribution in [0.3, 0.4) is 0 Å². The lowest BCUT2D eigenvalue weighted by Gasteiger charge is -2.21. The first-order valence-electron chi connectivity index (χ1n) is 6.37. The van der Waals surface area contributed by atoms with E-state index in [1.54, 1.807) is 6.92 Å². The highest BCUT2D eigenvalue weighted by atomic mass is 16.6. The van der Waals surface area contributed by atoms with Crippen molar-refractivity contribution in [3.05, 3.63) is 50.4 Å². The Hall–Kier alpha value is -1.95. The van der Waals surface area contributed by atoms with E-state index < -0.39 is 4.92 Å². The lowest BCUT2D eigenvalue weighted by molar-refractivity contribution is -0.385. The monoisotopic (exact) mass is 279 g/mol. The van der Waals surface area contributed by atoms with Gasteiger partial charge in [0, 0.05) is 30.3 Å². The summed E-state index contributed by atoms with van der Waals surface area (Å²) >= 11 is 0. The van der Waals surface area contributed by atoms with Gasteiger partial charge in [-0.2, -0.15) is 0 Å². The van der Waals surface area contributed by atoms with Crippen LogP contribution in [0.25, 0.3) is 0 Å². The van der Waals surface area contributed by atoms with Gasteiger partial charge in [0.2, 0.25) is 0 Å². The second kappa shape index (κ2) is 6.00. The fourth-order valence-corrected chi connectivity index (χ4v) is 1.66. The Morgan fingerprint density at radius 1 is 1.50 bits per heavy atom. The summed E-state index contributed by atoms with van der Waals surface area (Å²) in [7, 11) is 0. The van der Waals surface area contributed by atoms with Crippen LogP contribution in [0.1, 0.15) is 26.3 Å². The van der Waals surface area contributed by atoms with Crippen molar-refractivity contribution < 1.29 is 4.92 Å². The summed E-state index contributed by atoms with van der Waals surface area (Å²) < 4.78 is 1.32. The van der Waals surface area contributed by atoms with Gasteiger partial charge >= 0.3 is 0 Å². The summed E-state index contributed by atoms with van der Waals surface area (Å²) in [5.74, 6) is 0. The predicted octanol–water partition coefficient (Wildman–Crippen LogP) is 2.01. The molecule has 1 N–H and O–H groups in total. The van der Waals surface area contributed by atoms with Crippen molar-refractivity contribution in [2.45, 2.75) is 39.8 Å². The van der Waals surface area contributed by atoms with Crippen LogP contribution in [0.2, 0.25) is 0 Å². The zero-order valence-electron chi connectivity index (χ0n) is 12.4. The molecule has 6 nitrogen and oxygen atoms in total. The number of pyridine rings is 1. The number of hydrogen-bond donors (Lipinski definition) is 1. The largest absolute Gasteiger partial charge is 0.308 e. The van der Waals surface area contributed by atoms with E-state index in [1.165, 1.54) is 16.8 Å². The highest BCUT2D eigenvalue weighted by Crippen LogP contribution is 2.14. The molecule has 0 atom stereocenters.